The third kappa shape index (κ3) is 3.50. The summed E-state index contributed by atoms with van der Waals surface area (Å²) in [5.41, 5.74) is 3.13. The van der Waals surface area contributed by atoms with Crippen molar-refractivity contribution >= 4 is 17.5 Å². The highest BCUT2D eigenvalue weighted by molar-refractivity contribution is 6.09. The van der Waals surface area contributed by atoms with Gasteiger partial charge in [-0.2, -0.15) is 0 Å². The number of carbonyl (C=O) groups excluding carboxylic acids is 2. The van der Waals surface area contributed by atoms with Crippen molar-refractivity contribution in [2.24, 2.45) is 16.3 Å². The quantitative estimate of drug-likeness (QED) is 0.754. The number of aliphatic imine (C=N–C) groups is 1. The summed E-state index contributed by atoms with van der Waals surface area (Å²) in [5, 5.41) is 0. The van der Waals surface area contributed by atoms with Gasteiger partial charge in [-0.15, -0.1) is 0 Å². The summed E-state index contributed by atoms with van der Waals surface area (Å²) >= 11 is 0. The summed E-state index contributed by atoms with van der Waals surface area (Å²) in [7, 11) is 0. The van der Waals surface area contributed by atoms with Crippen LogP contribution in [0.25, 0.3) is 0 Å². The van der Waals surface area contributed by atoms with E-state index in [0.717, 1.165) is 23.4 Å². The summed E-state index contributed by atoms with van der Waals surface area (Å²) < 4.78 is 5.51. The van der Waals surface area contributed by atoms with Gasteiger partial charge in [-0.1, -0.05) is 44.2 Å². The summed E-state index contributed by atoms with van der Waals surface area (Å²) in [6.45, 7) is 9.73. The number of benzene rings is 1. The van der Waals surface area contributed by atoms with Gasteiger partial charge in [-0.05, 0) is 38.2 Å². The Bertz CT molecular complexity index is 787. The number of ketones is 1. The first-order valence-electron chi connectivity index (χ1n) is 9.26. The predicted octanol–water partition coefficient (Wildman–Crippen LogP) is 4.46. The Kier molecular flexibility index (Phi) is 4.87. The molecule has 4 nitrogen and oxygen atoms in total. The number of allylic oxidation sites excluding steroid dienone is 2. The zero-order valence-electron chi connectivity index (χ0n) is 16.2. The van der Waals surface area contributed by atoms with Crippen molar-refractivity contribution in [3.63, 3.8) is 0 Å². The molecule has 3 rings (SSSR count). The third-order valence-electron chi connectivity index (χ3n) is 5.07. The Balaban J connectivity index is 2.14. The van der Waals surface area contributed by atoms with Gasteiger partial charge in [-0.25, -0.2) is 0 Å². The lowest BCUT2D eigenvalue weighted by Crippen LogP contribution is -2.40. The maximum absolute atomic E-state index is 13.0. The van der Waals surface area contributed by atoms with Gasteiger partial charge in [0.25, 0.3) is 0 Å². The first-order chi connectivity index (χ1) is 12.2. The van der Waals surface area contributed by atoms with Crippen LogP contribution in [0.5, 0.6) is 0 Å². The van der Waals surface area contributed by atoms with E-state index in [1.54, 1.807) is 0 Å². The molecule has 4 heteroatoms. The molecule has 138 valence electrons. The second-order valence-corrected chi connectivity index (χ2v) is 8.41. The minimum atomic E-state index is -0.552. The topological polar surface area (TPSA) is 55.7 Å². The fourth-order valence-corrected chi connectivity index (χ4v) is 4.08. The van der Waals surface area contributed by atoms with E-state index in [2.05, 4.69) is 13.8 Å². The highest BCUT2D eigenvalue weighted by Crippen LogP contribution is 2.47. The van der Waals surface area contributed by atoms with Crippen LogP contribution in [0.1, 0.15) is 58.9 Å². The van der Waals surface area contributed by atoms with Crippen LogP contribution in [0.3, 0.4) is 0 Å². The monoisotopic (exact) mass is 353 g/mol. The van der Waals surface area contributed by atoms with Crippen LogP contribution in [0.2, 0.25) is 0 Å². The molecule has 0 saturated heterocycles. The van der Waals surface area contributed by atoms with E-state index in [-0.39, 0.29) is 29.2 Å². The van der Waals surface area contributed by atoms with Gasteiger partial charge in [-0.3, -0.25) is 14.6 Å². The van der Waals surface area contributed by atoms with Crippen LogP contribution < -0.4 is 0 Å². The average Bonchev–Trinajstić information content (AvgIpc) is 2.52. The molecular weight excluding hydrogens is 326 g/mol. The number of esters is 1. The molecule has 1 aliphatic carbocycles. The van der Waals surface area contributed by atoms with Gasteiger partial charge in [0.1, 0.15) is 5.92 Å². The highest BCUT2D eigenvalue weighted by Gasteiger charge is 2.46. The third-order valence-corrected chi connectivity index (χ3v) is 5.07. The van der Waals surface area contributed by atoms with Crippen molar-refractivity contribution in [3.8, 4) is 0 Å². The SMILES string of the molecule is CC1=NC2=C(C(=O)CC(C)(C)C2)[C@@H](c2ccccc2)C1C(=O)OC(C)C. The fourth-order valence-electron chi connectivity index (χ4n) is 4.08. The highest BCUT2D eigenvalue weighted by atomic mass is 16.5. The molecule has 26 heavy (non-hydrogen) atoms. The van der Waals surface area contributed by atoms with Crippen molar-refractivity contribution in [2.45, 2.75) is 59.5 Å². The van der Waals surface area contributed by atoms with Gasteiger partial charge >= 0.3 is 5.97 Å². The number of ether oxygens (including phenoxy) is 1. The van der Waals surface area contributed by atoms with Gasteiger partial charge in [0.05, 0.1) is 6.10 Å². The predicted molar refractivity (Wildman–Crippen MR) is 102 cm³/mol. The molecule has 2 atom stereocenters. The molecular formula is C22H27NO3. The summed E-state index contributed by atoms with van der Waals surface area (Å²) in [6, 6.07) is 9.79. The summed E-state index contributed by atoms with van der Waals surface area (Å²) in [6.07, 6.45) is 1.03. The van der Waals surface area contributed by atoms with Crippen molar-refractivity contribution in [2.75, 3.05) is 0 Å². The van der Waals surface area contributed by atoms with Crippen molar-refractivity contribution < 1.29 is 14.3 Å². The average molecular weight is 353 g/mol. The van der Waals surface area contributed by atoms with E-state index >= 15 is 0 Å². The molecule has 0 bridgehead atoms. The Hall–Kier alpha value is -2.23. The minimum absolute atomic E-state index is 0.101. The van der Waals surface area contributed by atoms with E-state index in [1.807, 2.05) is 51.1 Å². The van der Waals surface area contributed by atoms with E-state index in [0.29, 0.717) is 12.0 Å². The zero-order valence-corrected chi connectivity index (χ0v) is 16.2. The molecule has 0 radical (unpaired) electrons. The van der Waals surface area contributed by atoms with Gasteiger partial charge in [0.2, 0.25) is 0 Å². The summed E-state index contributed by atoms with van der Waals surface area (Å²) in [4.78, 5) is 30.6. The second kappa shape index (κ2) is 6.82. The second-order valence-electron chi connectivity index (χ2n) is 8.41. The molecule has 1 aliphatic heterocycles. The van der Waals surface area contributed by atoms with Crippen LogP contribution in [-0.4, -0.2) is 23.6 Å². The van der Waals surface area contributed by atoms with Crippen molar-refractivity contribution in [1.29, 1.82) is 0 Å². The first kappa shape index (κ1) is 18.6. The smallest absolute Gasteiger partial charge is 0.315 e. The number of hydrogen-bond donors (Lipinski definition) is 0. The van der Waals surface area contributed by atoms with Crippen molar-refractivity contribution in [3.05, 3.63) is 47.2 Å². The van der Waals surface area contributed by atoms with Crippen LogP contribution in [0.15, 0.2) is 46.6 Å². The first-order valence-corrected chi connectivity index (χ1v) is 9.26. The Morgan fingerprint density at radius 2 is 1.85 bits per heavy atom. The Morgan fingerprint density at radius 1 is 1.19 bits per heavy atom. The van der Waals surface area contributed by atoms with Gasteiger partial charge < -0.3 is 4.74 Å². The van der Waals surface area contributed by atoms with E-state index in [4.69, 9.17) is 9.73 Å². The molecule has 0 N–H and O–H groups in total. The Morgan fingerprint density at radius 3 is 2.46 bits per heavy atom. The maximum atomic E-state index is 13.0. The zero-order chi connectivity index (χ0) is 19.1. The van der Waals surface area contributed by atoms with Gasteiger partial charge in [0, 0.05) is 29.3 Å². The summed E-state index contributed by atoms with van der Waals surface area (Å²) in [5.74, 6) is -1.08. The van der Waals surface area contributed by atoms with Gasteiger partial charge in [0.15, 0.2) is 5.78 Å². The van der Waals surface area contributed by atoms with Crippen LogP contribution in [0, 0.1) is 11.3 Å². The van der Waals surface area contributed by atoms with Crippen molar-refractivity contribution in [1.82, 2.24) is 0 Å². The standard InChI is InChI=1S/C22H27NO3/c1-13(2)26-21(25)18-14(3)23-16-11-22(4,5)12-17(24)20(16)19(18)15-9-7-6-8-10-15/h6-10,13,18-19H,11-12H2,1-5H3/t18?,19-/m0/s1. The number of nitrogens with zero attached hydrogens (tertiary/aromatic N) is 1. The van der Waals surface area contributed by atoms with Crippen LogP contribution >= 0.6 is 0 Å². The molecule has 0 aromatic heterocycles. The van der Waals surface area contributed by atoms with E-state index in [9.17, 15) is 9.59 Å². The molecule has 1 unspecified atom stereocenters. The Labute approximate surface area is 155 Å². The molecule has 1 aromatic carbocycles. The van der Waals surface area contributed by atoms with E-state index in [1.165, 1.54) is 0 Å². The number of Topliss-reactive ketones (excluding diaryl/α,β-unsaturated/α-hetero) is 1. The molecule has 0 spiro atoms. The normalized spacial score (nSPS) is 25.0. The molecule has 0 saturated carbocycles. The fraction of sp³-hybridized carbons (Fsp3) is 0.500. The van der Waals surface area contributed by atoms with E-state index < -0.39 is 5.92 Å². The molecule has 0 amide bonds. The lowest BCUT2D eigenvalue weighted by atomic mass is 9.67. The van der Waals surface area contributed by atoms with Crippen LogP contribution in [0.4, 0.5) is 0 Å². The molecule has 0 fully saturated rings. The lowest BCUT2D eigenvalue weighted by Gasteiger charge is -2.39. The largest absolute Gasteiger partial charge is 0.462 e. The van der Waals surface area contributed by atoms with Crippen LogP contribution in [-0.2, 0) is 14.3 Å². The molecule has 1 heterocycles. The lowest BCUT2D eigenvalue weighted by molar-refractivity contribution is -0.150. The molecule has 2 aliphatic rings. The molecule has 1 aromatic rings. The number of hydrogen-bond acceptors (Lipinski definition) is 4. The maximum Gasteiger partial charge on any atom is 0.315 e. The minimum Gasteiger partial charge on any atom is -0.462 e. The number of rotatable bonds is 3. The number of carbonyl (C=O) groups is 2.